The zero-order valence-electron chi connectivity index (χ0n) is 9.55. The van der Waals surface area contributed by atoms with Gasteiger partial charge in [0.05, 0.1) is 0 Å². The molecule has 1 atom stereocenters. The van der Waals surface area contributed by atoms with Crippen LogP contribution in [0.1, 0.15) is 25.7 Å². The maximum atomic E-state index is 11.3. The third-order valence-corrected chi connectivity index (χ3v) is 2.79. The molecule has 0 aromatic heterocycles. The fraction of sp³-hybridized carbons (Fsp3) is 0.909. The lowest BCUT2D eigenvalue weighted by atomic mass is 10.1. The molecule has 0 aromatic rings. The molecule has 0 radical (unpaired) electrons. The molecule has 1 amide bonds. The number of nitrogens with one attached hydrogen (secondary N) is 2. The maximum Gasteiger partial charge on any atom is 0.220 e. The molecule has 1 saturated heterocycles. The van der Waals surface area contributed by atoms with E-state index >= 15 is 0 Å². The second-order valence-electron chi connectivity index (χ2n) is 4.09. The van der Waals surface area contributed by atoms with Crippen molar-refractivity contribution >= 4 is 5.91 Å². The number of methoxy groups -OCH3 is 1. The van der Waals surface area contributed by atoms with Gasteiger partial charge in [-0.3, -0.25) is 4.79 Å². The van der Waals surface area contributed by atoms with E-state index in [1.54, 1.807) is 7.11 Å². The van der Waals surface area contributed by atoms with Crippen molar-refractivity contribution in [3.8, 4) is 0 Å². The van der Waals surface area contributed by atoms with Crippen LogP contribution in [0.2, 0.25) is 0 Å². The van der Waals surface area contributed by atoms with Gasteiger partial charge in [-0.2, -0.15) is 0 Å². The molecule has 1 aliphatic heterocycles. The predicted octanol–water partition coefficient (Wildman–Crippen LogP) is 0.529. The Morgan fingerprint density at radius 1 is 1.60 bits per heavy atom. The molecule has 4 heteroatoms. The number of amides is 1. The second-order valence-corrected chi connectivity index (χ2v) is 4.09. The standard InChI is InChI=1S/C11H22N2O2/c1-15-8-2-3-11(14)13-7-5-10-4-6-12-9-10/h10,12H,2-9H2,1H3,(H,13,14). The molecule has 0 bridgehead atoms. The number of hydrogen-bond acceptors (Lipinski definition) is 3. The Bertz CT molecular complexity index is 179. The second kappa shape index (κ2) is 7.65. The van der Waals surface area contributed by atoms with Gasteiger partial charge in [-0.05, 0) is 38.3 Å². The highest BCUT2D eigenvalue weighted by atomic mass is 16.5. The van der Waals surface area contributed by atoms with Gasteiger partial charge in [0.1, 0.15) is 0 Å². The van der Waals surface area contributed by atoms with Gasteiger partial charge in [-0.15, -0.1) is 0 Å². The normalized spacial score (nSPS) is 20.5. The number of rotatable bonds is 7. The molecular weight excluding hydrogens is 192 g/mol. The first-order chi connectivity index (χ1) is 7.33. The average molecular weight is 214 g/mol. The summed E-state index contributed by atoms with van der Waals surface area (Å²) in [5.41, 5.74) is 0. The van der Waals surface area contributed by atoms with Crippen LogP contribution in [0.5, 0.6) is 0 Å². The average Bonchev–Trinajstić information content (AvgIpc) is 2.71. The van der Waals surface area contributed by atoms with Crippen molar-refractivity contribution < 1.29 is 9.53 Å². The molecule has 1 unspecified atom stereocenters. The Kier molecular flexibility index (Phi) is 6.36. The van der Waals surface area contributed by atoms with Gasteiger partial charge >= 0.3 is 0 Å². The quantitative estimate of drug-likeness (QED) is 0.608. The number of carbonyl (C=O) groups is 1. The zero-order valence-corrected chi connectivity index (χ0v) is 9.55. The summed E-state index contributed by atoms with van der Waals surface area (Å²) in [6.07, 6.45) is 3.74. The van der Waals surface area contributed by atoms with E-state index in [2.05, 4.69) is 10.6 Å². The SMILES string of the molecule is COCCCC(=O)NCCC1CCNC1. The lowest BCUT2D eigenvalue weighted by Crippen LogP contribution is -2.26. The topological polar surface area (TPSA) is 50.4 Å². The molecule has 88 valence electrons. The predicted molar refractivity (Wildman–Crippen MR) is 59.7 cm³/mol. The lowest BCUT2D eigenvalue weighted by Gasteiger charge is -2.09. The van der Waals surface area contributed by atoms with Crippen molar-refractivity contribution in [1.82, 2.24) is 10.6 Å². The molecule has 4 nitrogen and oxygen atoms in total. The fourth-order valence-corrected chi connectivity index (χ4v) is 1.84. The molecule has 0 saturated carbocycles. The van der Waals surface area contributed by atoms with E-state index in [9.17, 15) is 4.79 Å². The summed E-state index contributed by atoms with van der Waals surface area (Å²) < 4.78 is 4.89. The van der Waals surface area contributed by atoms with Crippen LogP contribution in [0, 0.1) is 5.92 Å². The Hall–Kier alpha value is -0.610. The van der Waals surface area contributed by atoms with Gasteiger partial charge in [-0.1, -0.05) is 0 Å². The van der Waals surface area contributed by atoms with Crippen molar-refractivity contribution in [3.05, 3.63) is 0 Å². The highest BCUT2D eigenvalue weighted by molar-refractivity contribution is 5.75. The summed E-state index contributed by atoms with van der Waals surface area (Å²) in [7, 11) is 1.66. The third-order valence-electron chi connectivity index (χ3n) is 2.79. The van der Waals surface area contributed by atoms with Crippen LogP contribution in [-0.2, 0) is 9.53 Å². The monoisotopic (exact) mass is 214 g/mol. The molecule has 0 aliphatic carbocycles. The molecule has 1 aliphatic rings. The van der Waals surface area contributed by atoms with Crippen LogP contribution in [0.15, 0.2) is 0 Å². The molecule has 1 heterocycles. The summed E-state index contributed by atoms with van der Waals surface area (Å²) in [4.78, 5) is 11.3. The molecule has 15 heavy (non-hydrogen) atoms. The van der Waals surface area contributed by atoms with E-state index < -0.39 is 0 Å². The first-order valence-corrected chi connectivity index (χ1v) is 5.79. The summed E-state index contributed by atoms with van der Waals surface area (Å²) in [6, 6.07) is 0. The smallest absolute Gasteiger partial charge is 0.220 e. The van der Waals surface area contributed by atoms with Crippen LogP contribution in [-0.4, -0.2) is 39.3 Å². The molecule has 1 fully saturated rings. The van der Waals surface area contributed by atoms with Crippen molar-refractivity contribution in [1.29, 1.82) is 0 Å². The minimum Gasteiger partial charge on any atom is -0.385 e. The lowest BCUT2D eigenvalue weighted by molar-refractivity contribution is -0.121. The maximum absolute atomic E-state index is 11.3. The molecule has 2 N–H and O–H groups in total. The van der Waals surface area contributed by atoms with E-state index in [0.29, 0.717) is 13.0 Å². The minimum absolute atomic E-state index is 0.151. The van der Waals surface area contributed by atoms with Crippen LogP contribution >= 0.6 is 0 Å². The molecular formula is C11H22N2O2. The van der Waals surface area contributed by atoms with Crippen molar-refractivity contribution in [2.24, 2.45) is 5.92 Å². The van der Waals surface area contributed by atoms with E-state index in [1.165, 1.54) is 6.42 Å². The Morgan fingerprint density at radius 2 is 2.47 bits per heavy atom. The minimum atomic E-state index is 0.151. The van der Waals surface area contributed by atoms with Crippen LogP contribution in [0.25, 0.3) is 0 Å². The highest BCUT2D eigenvalue weighted by Crippen LogP contribution is 2.10. The Labute approximate surface area is 91.8 Å². The fourth-order valence-electron chi connectivity index (χ4n) is 1.84. The molecule has 0 spiro atoms. The van der Waals surface area contributed by atoms with E-state index in [0.717, 1.165) is 38.4 Å². The summed E-state index contributed by atoms with van der Waals surface area (Å²) >= 11 is 0. The van der Waals surface area contributed by atoms with Gasteiger partial charge in [0.2, 0.25) is 5.91 Å². The van der Waals surface area contributed by atoms with Crippen LogP contribution in [0.4, 0.5) is 0 Å². The molecule has 1 rings (SSSR count). The third kappa shape index (κ3) is 5.74. The van der Waals surface area contributed by atoms with Gasteiger partial charge < -0.3 is 15.4 Å². The largest absolute Gasteiger partial charge is 0.385 e. The van der Waals surface area contributed by atoms with Crippen LogP contribution < -0.4 is 10.6 Å². The van der Waals surface area contributed by atoms with Crippen LogP contribution in [0.3, 0.4) is 0 Å². The van der Waals surface area contributed by atoms with Gasteiger partial charge in [0.25, 0.3) is 0 Å². The van der Waals surface area contributed by atoms with Crippen molar-refractivity contribution in [3.63, 3.8) is 0 Å². The summed E-state index contributed by atoms with van der Waals surface area (Å²) in [5.74, 6) is 0.905. The molecule has 0 aromatic carbocycles. The van der Waals surface area contributed by atoms with Crippen molar-refractivity contribution in [2.75, 3.05) is 33.4 Å². The summed E-state index contributed by atoms with van der Waals surface area (Å²) in [5, 5.41) is 6.27. The number of carbonyl (C=O) groups excluding carboxylic acids is 1. The van der Waals surface area contributed by atoms with E-state index in [4.69, 9.17) is 4.74 Å². The first kappa shape index (κ1) is 12.5. The zero-order chi connectivity index (χ0) is 10.9. The highest BCUT2D eigenvalue weighted by Gasteiger charge is 2.13. The first-order valence-electron chi connectivity index (χ1n) is 5.79. The van der Waals surface area contributed by atoms with Crippen molar-refractivity contribution in [2.45, 2.75) is 25.7 Å². The van der Waals surface area contributed by atoms with Gasteiger partial charge in [-0.25, -0.2) is 0 Å². The number of ether oxygens (including phenoxy) is 1. The van der Waals surface area contributed by atoms with Gasteiger partial charge in [0, 0.05) is 26.7 Å². The Balaban J connectivity index is 1.91. The Morgan fingerprint density at radius 3 is 3.13 bits per heavy atom. The number of hydrogen-bond donors (Lipinski definition) is 2. The summed E-state index contributed by atoms with van der Waals surface area (Å²) in [6.45, 7) is 3.73. The van der Waals surface area contributed by atoms with Gasteiger partial charge in [0.15, 0.2) is 0 Å². The van der Waals surface area contributed by atoms with E-state index in [1.807, 2.05) is 0 Å². The van der Waals surface area contributed by atoms with E-state index in [-0.39, 0.29) is 5.91 Å².